The van der Waals surface area contributed by atoms with Crippen LogP contribution >= 0.6 is 11.3 Å². The van der Waals surface area contributed by atoms with Crippen LogP contribution < -0.4 is 0 Å². The van der Waals surface area contributed by atoms with Gasteiger partial charge in [0.2, 0.25) is 0 Å². The first-order valence-corrected chi connectivity index (χ1v) is 7.38. The van der Waals surface area contributed by atoms with E-state index in [-0.39, 0.29) is 5.25 Å². The zero-order chi connectivity index (χ0) is 11.9. The lowest BCUT2D eigenvalue weighted by atomic mass is 10.3. The van der Waals surface area contributed by atoms with Crippen LogP contribution in [0, 0.1) is 6.92 Å². The minimum absolute atomic E-state index is 0.387. The average Bonchev–Trinajstić information content (AvgIpc) is 2.60. The van der Waals surface area contributed by atoms with Crippen LogP contribution in [-0.2, 0) is 9.84 Å². The van der Waals surface area contributed by atoms with Crippen LogP contribution in [0.4, 0.5) is 0 Å². The van der Waals surface area contributed by atoms with Gasteiger partial charge < -0.3 is 0 Å². The van der Waals surface area contributed by atoms with Crippen LogP contribution in [0.3, 0.4) is 0 Å². The molecule has 0 saturated carbocycles. The summed E-state index contributed by atoms with van der Waals surface area (Å²) in [6, 6.07) is 5.48. The van der Waals surface area contributed by atoms with Gasteiger partial charge in [-0.05, 0) is 39.0 Å². The summed E-state index contributed by atoms with van der Waals surface area (Å²) in [5, 5.41) is -0.387. The van der Waals surface area contributed by atoms with Crippen LogP contribution in [0.5, 0.6) is 0 Å². The molecule has 16 heavy (non-hydrogen) atoms. The molecule has 0 aromatic carbocycles. The van der Waals surface area contributed by atoms with Gasteiger partial charge in [0.05, 0.1) is 15.5 Å². The molecule has 0 atom stereocenters. The lowest BCUT2D eigenvalue weighted by Crippen LogP contribution is -2.12. The van der Waals surface area contributed by atoms with E-state index in [9.17, 15) is 8.42 Å². The smallest absolute Gasteiger partial charge is 0.190 e. The number of thiophene rings is 1. The molecule has 0 saturated heterocycles. The zero-order valence-electron chi connectivity index (χ0n) is 9.39. The number of sulfone groups is 1. The van der Waals surface area contributed by atoms with Crippen molar-refractivity contribution in [3.63, 3.8) is 0 Å². The zero-order valence-corrected chi connectivity index (χ0v) is 11.0. The van der Waals surface area contributed by atoms with Crippen LogP contribution in [0.2, 0.25) is 0 Å². The molecule has 2 heterocycles. The van der Waals surface area contributed by atoms with E-state index >= 15 is 0 Å². The van der Waals surface area contributed by atoms with Crippen molar-refractivity contribution in [3.05, 3.63) is 23.9 Å². The first-order valence-electron chi connectivity index (χ1n) is 5.02. The van der Waals surface area contributed by atoms with Crippen molar-refractivity contribution in [3.8, 4) is 0 Å². The number of aromatic nitrogens is 1. The molecule has 0 radical (unpaired) electrons. The van der Waals surface area contributed by atoms with Gasteiger partial charge in [-0.3, -0.25) is 4.98 Å². The Morgan fingerprint density at radius 1 is 1.31 bits per heavy atom. The Balaban J connectivity index is 2.65. The first-order chi connectivity index (χ1) is 7.41. The molecule has 0 aliphatic carbocycles. The molecule has 0 bridgehead atoms. The summed E-state index contributed by atoms with van der Waals surface area (Å²) in [7, 11) is -3.17. The fourth-order valence-electron chi connectivity index (χ4n) is 1.38. The maximum Gasteiger partial charge on any atom is 0.190 e. The Kier molecular flexibility index (Phi) is 2.75. The third-order valence-electron chi connectivity index (χ3n) is 2.39. The fourth-order valence-corrected chi connectivity index (χ4v) is 4.16. The van der Waals surface area contributed by atoms with Crippen molar-refractivity contribution in [1.82, 2.24) is 4.98 Å². The van der Waals surface area contributed by atoms with Gasteiger partial charge >= 0.3 is 0 Å². The van der Waals surface area contributed by atoms with E-state index in [4.69, 9.17) is 0 Å². The largest absolute Gasteiger partial charge is 0.252 e. The van der Waals surface area contributed by atoms with Gasteiger partial charge in [-0.2, -0.15) is 0 Å². The van der Waals surface area contributed by atoms with Gasteiger partial charge in [-0.25, -0.2) is 8.42 Å². The molecule has 0 fully saturated rings. The lowest BCUT2D eigenvalue weighted by molar-refractivity contribution is 0.589. The maximum atomic E-state index is 12.0. The number of nitrogens with zero attached hydrogens (tertiary/aromatic N) is 1. The lowest BCUT2D eigenvalue weighted by Gasteiger charge is -2.03. The third-order valence-corrected chi connectivity index (χ3v) is 6.14. The molecule has 0 aliphatic rings. The summed E-state index contributed by atoms with van der Waals surface area (Å²) < 4.78 is 25.3. The Hall–Kier alpha value is -0.940. The predicted octanol–water partition coefficient (Wildman–Crippen LogP) is 2.79. The van der Waals surface area contributed by atoms with E-state index < -0.39 is 9.84 Å². The highest BCUT2D eigenvalue weighted by molar-refractivity contribution is 7.94. The van der Waals surface area contributed by atoms with E-state index in [2.05, 4.69) is 4.98 Å². The molecule has 0 aliphatic heterocycles. The van der Waals surface area contributed by atoms with Crippen molar-refractivity contribution in [2.75, 3.05) is 0 Å². The molecule has 0 unspecified atom stereocenters. The summed E-state index contributed by atoms with van der Waals surface area (Å²) in [6.45, 7) is 5.28. The third kappa shape index (κ3) is 1.85. The second-order valence-corrected chi connectivity index (χ2v) is 7.81. The number of fused-ring (bicyclic) bond motifs is 1. The van der Waals surface area contributed by atoms with Crippen LogP contribution in [0.15, 0.2) is 22.4 Å². The quantitative estimate of drug-likeness (QED) is 0.829. The predicted molar refractivity (Wildman–Crippen MR) is 66.7 cm³/mol. The summed E-state index contributed by atoms with van der Waals surface area (Å²) in [4.78, 5) is 4.32. The molecular weight excluding hydrogens is 242 g/mol. The van der Waals surface area contributed by atoms with E-state index in [1.807, 2.05) is 19.1 Å². The Labute approximate surface area is 99.1 Å². The maximum absolute atomic E-state index is 12.0. The van der Waals surface area contributed by atoms with E-state index in [0.717, 1.165) is 15.9 Å². The second kappa shape index (κ2) is 3.82. The molecule has 2 rings (SSSR count). The summed E-state index contributed by atoms with van der Waals surface area (Å²) in [6.07, 6.45) is 0. The van der Waals surface area contributed by atoms with Gasteiger partial charge in [0.15, 0.2) is 9.84 Å². The number of hydrogen-bond donors (Lipinski definition) is 0. The Bertz CT molecular complexity index is 626. The van der Waals surface area contributed by atoms with Crippen molar-refractivity contribution in [2.24, 2.45) is 0 Å². The van der Waals surface area contributed by atoms with E-state index in [1.165, 1.54) is 11.3 Å². The van der Waals surface area contributed by atoms with Crippen molar-refractivity contribution < 1.29 is 8.42 Å². The van der Waals surface area contributed by atoms with Crippen LogP contribution in [0.1, 0.15) is 19.5 Å². The number of hydrogen-bond acceptors (Lipinski definition) is 4. The molecule has 0 N–H and O–H groups in total. The minimum Gasteiger partial charge on any atom is -0.252 e. The SMILES string of the molecule is Cc1ccc2sc(S(=O)(=O)C(C)C)cc2n1. The molecule has 86 valence electrons. The Morgan fingerprint density at radius 2 is 2.00 bits per heavy atom. The van der Waals surface area contributed by atoms with Gasteiger partial charge in [-0.1, -0.05) is 0 Å². The molecular formula is C11H13NO2S2. The molecule has 0 amide bonds. The number of rotatable bonds is 2. The van der Waals surface area contributed by atoms with Crippen LogP contribution in [-0.4, -0.2) is 18.7 Å². The van der Waals surface area contributed by atoms with Crippen molar-refractivity contribution in [2.45, 2.75) is 30.2 Å². The van der Waals surface area contributed by atoms with E-state index in [1.54, 1.807) is 19.9 Å². The summed E-state index contributed by atoms with van der Waals surface area (Å²) in [5.74, 6) is 0. The van der Waals surface area contributed by atoms with Gasteiger partial charge in [0, 0.05) is 5.69 Å². The van der Waals surface area contributed by atoms with Gasteiger partial charge in [0.1, 0.15) is 4.21 Å². The molecule has 0 spiro atoms. The highest BCUT2D eigenvalue weighted by atomic mass is 32.2. The highest BCUT2D eigenvalue weighted by Crippen LogP contribution is 2.30. The van der Waals surface area contributed by atoms with E-state index in [0.29, 0.717) is 4.21 Å². The summed E-state index contributed by atoms with van der Waals surface area (Å²) >= 11 is 1.29. The first kappa shape index (κ1) is 11.5. The highest BCUT2D eigenvalue weighted by Gasteiger charge is 2.21. The van der Waals surface area contributed by atoms with Gasteiger partial charge in [-0.15, -0.1) is 11.3 Å². The monoisotopic (exact) mass is 255 g/mol. The van der Waals surface area contributed by atoms with Crippen LogP contribution in [0.25, 0.3) is 10.2 Å². The van der Waals surface area contributed by atoms with Crippen molar-refractivity contribution in [1.29, 1.82) is 0 Å². The number of pyridine rings is 1. The minimum atomic E-state index is -3.17. The normalized spacial score (nSPS) is 12.5. The van der Waals surface area contributed by atoms with Gasteiger partial charge in [0.25, 0.3) is 0 Å². The molecule has 2 aromatic rings. The standard InChI is InChI=1S/C11H13NO2S2/c1-7(2)16(13,14)11-6-9-10(15-11)5-4-8(3)12-9/h4-7H,1-3H3. The summed E-state index contributed by atoms with van der Waals surface area (Å²) in [5.41, 5.74) is 1.67. The molecule has 5 heteroatoms. The second-order valence-electron chi connectivity index (χ2n) is 4.00. The fraction of sp³-hybridized carbons (Fsp3) is 0.364. The average molecular weight is 255 g/mol. The molecule has 3 nitrogen and oxygen atoms in total. The van der Waals surface area contributed by atoms with Crippen molar-refractivity contribution >= 4 is 31.4 Å². The number of aryl methyl sites for hydroxylation is 1. The molecule has 2 aromatic heterocycles. The topological polar surface area (TPSA) is 47.0 Å². The Morgan fingerprint density at radius 3 is 2.62 bits per heavy atom.